The molecule has 0 fully saturated rings. The van der Waals surface area contributed by atoms with Gasteiger partial charge in [0, 0.05) is 19.2 Å². The molecule has 0 unspecified atom stereocenters. The van der Waals surface area contributed by atoms with Crippen LogP contribution in [0.5, 0.6) is 0 Å². The van der Waals surface area contributed by atoms with Crippen molar-refractivity contribution in [2.24, 2.45) is 5.92 Å². The largest absolute Gasteiger partial charge is 0.338 e. The maximum Gasteiger partial charge on any atom is 0.305 e. The van der Waals surface area contributed by atoms with Gasteiger partial charge in [-0.25, -0.2) is 4.39 Å². The average Bonchev–Trinajstić information content (AvgIpc) is 2.34. The molecule has 0 aliphatic rings. The van der Waals surface area contributed by atoms with Crippen molar-refractivity contribution in [3.63, 3.8) is 0 Å². The lowest BCUT2D eigenvalue weighted by molar-refractivity contribution is -0.387. The van der Waals surface area contributed by atoms with Gasteiger partial charge in [0.05, 0.1) is 4.92 Å². The minimum atomic E-state index is -1.43. The third-order valence-electron chi connectivity index (χ3n) is 2.74. The lowest BCUT2D eigenvalue weighted by Gasteiger charge is -2.23. The van der Waals surface area contributed by atoms with E-state index in [9.17, 15) is 23.7 Å². The molecule has 0 saturated carbocycles. The normalized spacial score (nSPS) is 10.7. The van der Waals surface area contributed by atoms with Gasteiger partial charge in [-0.05, 0) is 18.9 Å². The number of nitro benzene ring substituents is 1. The number of halogens is 2. The summed E-state index contributed by atoms with van der Waals surface area (Å²) in [5.41, 5.74) is -1.78. The summed E-state index contributed by atoms with van der Waals surface area (Å²) >= 11 is 0. The molecule has 0 aromatic heterocycles. The molecule has 1 aromatic carbocycles. The Morgan fingerprint density at radius 1 is 1.40 bits per heavy atom. The quantitative estimate of drug-likeness (QED) is 0.617. The van der Waals surface area contributed by atoms with Crippen molar-refractivity contribution in [1.82, 2.24) is 4.90 Å². The monoisotopic (exact) mass is 286 g/mol. The topological polar surface area (TPSA) is 63.5 Å². The predicted molar refractivity (Wildman–Crippen MR) is 69.4 cm³/mol. The molecule has 0 heterocycles. The zero-order valence-corrected chi connectivity index (χ0v) is 11.5. The van der Waals surface area contributed by atoms with Crippen LogP contribution in [0.15, 0.2) is 12.1 Å². The van der Waals surface area contributed by atoms with Crippen LogP contribution in [0.4, 0.5) is 14.5 Å². The van der Waals surface area contributed by atoms with E-state index < -0.39 is 33.7 Å². The summed E-state index contributed by atoms with van der Waals surface area (Å²) in [6.45, 7) is 5.97. The zero-order valence-electron chi connectivity index (χ0n) is 11.5. The van der Waals surface area contributed by atoms with E-state index in [-0.39, 0.29) is 12.5 Å². The van der Waals surface area contributed by atoms with Crippen molar-refractivity contribution in [2.75, 3.05) is 13.1 Å². The van der Waals surface area contributed by atoms with Crippen molar-refractivity contribution in [2.45, 2.75) is 20.8 Å². The van der Waals surface area contributed by atoms with Crippen LogP contribution in [0, 0.1) is 27.7 Å². The van der Waals surface area contributed by atoms with Crippen molar-refractivity contribution in [3.05, 3.63) is 39.4 Å². The lowest BCUT2D eigenvalue weighted by Crippen LogP contribution is -2.35. The molecule has 0 bridgehead atoms. The van der Waals surface area contributed by atoms with Crippen molar-refractivity contribution < 1.29 is 18.5 Å². The fourth-order valence-corrected chi connectivity index (χ4v) is 1.83. The number of rotatable bonds is 5. The summed E-state index contributed by atoms with van der Waals surface area (Å²) in [4.78, 5) is 23.1. The minimum Gasteiger partial charge on any atom is -0.338 e. The van der Waals surface area contributed by atoms with E-state index in [2.05, 4.69) is 0 Å². The van der Waals surface area contributed by atoms with Gasteiger partial charge in [-0.15, -0.1) is 0 Å². The smallest absolute Gasteiger partial charge is 0.305 e. The maximum atomic E-state index is 13.9. The highest BCUT2D eigenvalue weighted by Gasteiger charge is 2.28. The Morgan fingerprint density at radius 3 is 2.45 bits per heavy atom. The summed E-state index contributed by atoms with van der Waals surface area (Å²) in [6, 6.07) is 1.44. The molecule has 1 aromatic rings. The van der Waals surface area contributed by atoms with Crippen molar-refractivity contribution in [1.29, 1.82) is 0 Å². The van der Waals surface area contributed by atoms with Crippen LogP contribution in [-0.4, -0.2) is 28.8 Å². The van der Waals surface area contributed by atoms with Gasteiger partial charge in [0.1, 0.15) is 11.4 Å². The number of amides is 1. The molecular weight excluding hydrogens is 270 g/mol. The van der Waals surface area contributed by atoms with Gasteiger partial charge < -0.3 is 4.90 Å². The van der Waals surface area contributed by atoms with E-state index in [1.807, 2.05) is 13.8 Å². The first kappa shape index (κ1) is 16.0. The lowest BCUT2D eigenvalue weighted by atomic mass is 10.1. The SMILES string of the molecule is CCN(CC(C)C)C(=O)c1c(F)ccc([N+](=O)[O-])c1F. The highest BCUT2D eigenvalue weighted by atomic mass is 19.1. The Hall–Kier alpha value is -2.05. The molecule has 1 rings (SSSR count). The van der Waals surface area contributed by atoms with Crippen LogP contribution in [0.25, 0.3) is 0 Å². The summed E-state index contributed by atoms with van der Waals surface area (Å²) in [6.07, 6.45) is 0. The Morgan fingerprint density at radius 2 is 2.00 bits per heavy atom. The molecule has 5 nitrogen and oxygen atoms in total. The first-order valence-corrected chi connectivity index (χ1v) is 6.21. The van der Waals surface area contributed by atoms with Crippen molar-refractivity contribution in [3.8, 4) is 0 Å². The first-order valence-electron chi connectivity index (χ1n) is 6.21. The maximum absolute atomic E-state index is 13.9. The van der Waals surface area contributed by atoms with E-state index >= 15 is 0 Å². The number of nitrogens with zero attached hydrogens (tertiary/aromatic N) is 2. The van der Waals surface area contributed by atoms with Gasteiger partial charge in [-0.3, -0.25) is 14.9 Å². The summed E-state index contributed by atoms with van der Waals surface area (Å²) in [7, 11) is 0. The predicted octanol–water partition coefficient (Wildman–Crippen LogP) is 2.99. The number of hydrogen-bond donors (Lipinski definition) is 0. The van der Waals surface area contributed by atoms with Crippen LogP contribution < -0.4 is 0 Å². The third-order valence-corrected chi connectivity index (χ3v) is 2.74. The third kappa shape index (κ3) is 3.28. The Labute approximate surface area is 115 Å². The standard InChI is InChI=1S/C13H16F2N2O3/c1-4-16(7-8(2)3)13(18)11-9(14)5-6-10(12(11)15)17(19)20/h5-6,8H,4,7H2,1-3H3. The molecule has 20 heavy (non-hydrogen) atoms. The Balaban J connectivity index is 3.27. The zero-order chi connectivity index (χ0) is 15.4. The molecule has 0 saturated heterocycles. The first-order chi connectivity index (χ1) is 9.29. The van der Waals surface area contributed by atoms with E-state index in [1.54, 1.807) is 6.92 Å². The van der Waals surface area contributed by atoms with E-state index in [0.29, 0.717) is 12.6 Å². The van der Waals surface area contributed by atoms with Crippen LogP contribution >= 0.6 is 0 Å². The molecule has 0 spiro atoms. The molecule has 0 aliphatic carbocycles. The van der Waals surface area contributed by atoms with Crippen LogP contribution in [-0.2, 0) is 0 Å². The molecule has 0 N–H and O–H groups in total. The highest BCUT2D eigenvalue weighted by Crippen LogP contribution is 2.24. The summed E-state index contributed by atoms with van der Waals surface area (Å²) in [5.74, 6) is -3.29. The highest BCUT2D eigenvalue weighted by molar-refractivity contribution is 5.95. The van der Waals surface area contributed by atoms with Gasteiger partial charge in [0.15, 0.2) is 0 Å². The fraction of sp³-hybridized carbons (Fsp3) is 0.462. The van der Waals surface area contributed by atoms with E-state index in [4.69, 9.17) is 0 Å². The van der Waals surface area contributed by atoms with Crippen LogP contribution in [0.2, 0.25) is 0 Å². The minimum absolute atomic E-state index is 0.115. The molecule has 0 aliphatic heterocycles. The number of hydrogen-bond acceptors (Lipinski definition) is 3. The van der Waals surface area contributed by atoms with E-state index in [1.165, 1.54) is 4.90 Å². The summed E-state index contributed by atoms with van der Waals surface area (Å²) in [5, 5.41) is 10.6. The van der Waals surface area contributed by atoms with Crippen LogP contribution in [0.3, 0.4) is 0 Å². The molecular formula is C13H16F2N2O3. The van der Waals surface area contributed by atoms with Gasteiger partial charge in [-0.2, -0.15) is 4.39 Å². The molecule has 0 atom stereocenters. The molecule has 110 valence electrons. The number of nitro groups is 1. The second kappa shape index (κ2) is 6.40. The van der Waals surface area contributed by atoms with Crippen LogP contribution in [0.1, 0.15) is 31.1 Å². The second-order valence-corrected chi connectivity index (χ2v) is 4.75. The number of carbonyl (C=O) groups is 1. The number of carbonyl (C=O) groups excluding carboxylic acids is 1. The molecule has 0 radical (unpaired) electrons. The fourth-order valence-electron chi connectivity index (χ4n) is 1.83. The van der Waals surface area contributed by atoms with Gasteiger partial charge in [-0.1, -0.05) is 13.8 Å². The Bertz CT molecular complexity index is 533. The van der Waals surface area contributed by atoms with Crippen molar-refractivity contribution >= 4 is 11.6 Å². The van der Waals surface area contributed by atoms with Gasteiger partial charge >= 0.3 is 5.69 Å². The Kier molecular flexibility index (Phi) is 5.12. The number of benzene rings is 1. The summed E-state index contributed by atoms with van der Waals surface area (Å²) < 4.78 is 27.6. The van der Waals surface area contributed by atoms with Gasteiger partial charge in [0.25, 0.3) is 5.91 Å². The van der Waals surface area contributed by atoms with Gasteiger partial charge in [0.2, 0.25) is 5.82 Å². The second-order valence-electron chi connectivity index (χ2n) is 4.75. The molecule has 7 heteroatoms. The average molecular weight is 286 g/mol. The van der Waals surface area contributed by atoms with E-state index in [0.717, 1.165) is 6.07 Å². The molecule has 1 amide bonds.